The van der Waals surface area contributed by atoms with Crippen molar-refractivity contribution in [2.45, 2.75) is 12.7 Å². The van der Waals surface area contributed by atoms with Gasteiger partial charge in [-0.15, -0.1) is 0 Å². The number of aromatic amines is 1. The molecule has 2 aromatic rings. The van der Waals surface area contributed by atoms with Gasteiger partial charge in [0.05, 0.1) is 5.70 Å². The molecule has 0 bridgehead atoms. The number of hydrogen-bond donors (Lipinski definition) is 2. The fourth-order valence-electron chi connectivity index (χ4n) is 3.09. The summed E-state index contributed by atoms with van der Waals surface area (Å²) in [6.45, 7) is 0.0325. The second kappa shape index (κ2) is 7.03. The van der Waals surface area contributed by atoms with Crippen LogP contribution in [0.15, 0.2) is 78.4 Å². The van der Waals surface area contributed by atoms with Gasteiger partial charge in [-0.2, -0.15) is 4.39 Å². The zero-order chi connectivity index (χ0) is 18.8. The van der Waals surface area contributed by atoms with Crippen LogP contribution in [0.5, 0.6) is 0 Å². The van der Waals surface area contributed by atoms with Gasteiger partial charge in [-0.1, -0.05) is 18.2 Å². The highest BCUT2D eigenvalue weighted by Gasteiger charge is 2.34. The van der Waals surface area contributed by atoms with Gasteiger partial charge in [0.2, 0.25) is 5.69 Å². The van der Waals surface area contributed by atoms with E-state index >= 15 is 0 Å². The normalized spacial score (nSPS) is 17.7. The van der Waals surface area contributed by atoms with E-state index in [2.05, 4.69) is 15.6 Å². The first-order chi connectivity index (χ1) is 13.1. The van der Waals surface area contributed by atoms with E-state index in [1.54, 1.807) is 24.4 Å². The van der Waals surface area contributed by atoms with E-state index < -0.39 is 5.82 Å². The number of carbonyl (C=O) groups is 1. The summed E-state index contributed by atoms with van der Waals surface area (Å²) in [5.41, 5.74) is 2.18. The Labute approximate surface area is 154 Å². The molecule has 7 heteroatoms. The minimum Gasteiger partial charge on any atom is -0.355 e. The van der Waals surface area contributed by atoms with Crippen molar-refractivity contribution < 1.29 is 18.6 Å². The van der Waals surface area contributed by atoms with Crippen molar-refractivity contribution in [3.05, 3.63) is 101 Å². The Balaban J connectivity index is 1.55. The third kappa shape index (κ3) is 3.31. The third-order valence-corrected chi connectivity index (χ3v) is 4.43. The number of fused-ring (bicyclic) bond motifs is 1. The van der Waals surface area contributed by atoms with E-state index in [1.807, 2.05) is 29.3 Å². The minimum atomic E-state index is -0.416. The zero-order valence-corrected chi connectivity index (χ0v) is 14.2. The van der Waals surface area contributed by atoms with E-state index in [0.717, 1.165) is 5.56 Å². The Hall–Kier alpha value is -3.48. The average molecular weight is 367 g/mol. The van der Waals surface area contributed by atoms with Crippen LogP contribution in [0.4, 0.5) is 8.78 Å². The molecule has 27 heavy (non-hydrogen) atoms. The zero-order valence-electron chi connectivity index (χ0n) is 14.2. The van der Waals surface area contributed by atoms with Crippen LogP contribution < -0.4 is 15.6 Å². The quantitative estimate of drug-likeness (QED) is 0.872. The summed E-state index contributed by atoms with van der Waals surface area (Å²) in [6, 6.07) is 8.99. The van der Waals surface area contributed by atoms with Crippen molar-refractivity contribution in [3.8, 4) is 0 Å². The minimum absolute atomic E-state index is 0.0325. The molecule has 0 saturated carbocycles. The van der Waals surface area contributed by atoms with Crippen LogP contribution >= 0.6 is 0 Å². The number of amides is 1. The number of allylic oxidation sites excluding steroid dienone is 3. The molecule has 136 valence electrons. The predicted octanol–water partition coefficient (Wildman–Crippen LogP) is 2.29. The van der Waals surface area contributed by atoms with Gasteiger partial charge in [-0.3, -0.25) is 4.79 Å². The summed E-state index contributed by atoms with van der Waals surface area (Å²) in [5.74, 6) is -1.09. The molecule has 3 N–H and O–H groups in total. The Kier molecular flexibility index (Phi) is 4.42. The van der Waals surface area contributed by atoms with Crippen molar-refractivity contribution in [1.29, 1.82) is 0 Å². The molecule has 2 aliphatic heterocycles. The molecule has 2 aliphatic rings. The summed E-state index contributed by atoms with van der Waals surface area (Å²) in [7, 11) is 0. The highest BCUT2D eigenvalue weighted by atomic mass is 19.1. The number of halogens is 2. The molecule has 3 heterocycles. The molecule has 1 unspecified atom stereocenters. The number of carbonyl (C=O) groups excluding carboxylic acids is 1. The maximum Gasteiger partial charge on any atom is 0.270 e. The number of rotatable bonds is 4. The second-order valence-electron chi connectivity index (χ2n) is 6.15. The highest BCUT2D eigenvalue weighted by Crippen LogP contribution is 2.33. The monoisotopic (exact) mass is 367 g/mol. The molecule has 1 aromatic heterocycles. The lowest BCUT2D eigenvalue weighted by molar-refractivity contribution is -0.393. The van der Waals surface area contributed by atoms with Gasteiger partial charge in [0.1, 0.15) is 24.2 Å². The summed E-state index contributed by atoms with van der Waals surface area (Å²) in [4.78, 5) is 17.4. The first-order valence-electron chi connectivity index (χ1n) is 8.46. The lowest BCUT2D eigenvalue weighted by Crippen LogP contribution is -2.33. The first-order valence-corrected chi connectivity index (χ1v) is 8.46. The van der Waals surface area contributed by atoms with E-state index in [1.165, 1.54) is 18.2 Å². The van der Waals surface area contributed by atoms with Crippen molar-refractivity contribution in [1.82, 2.24) is 15.5 Å². The van der Waals surface area contributed by atoms with Crippen molar-refractivity contribution in [3.63, 3.8) is 0 Å². The highest BCUT2D eigenvalue weighted by molar-refractivity contribution is 5.94. The molecule has 0 saturated heterocycles. The van der Waals surface area contributed by atoms with Crippen LogP contribution in [0, 0.1) is 11.6 Å². The summed E-state index contributed by atoms with van der Waals surface area (Å²) < 4.78 is 27.0. The maximum absolute atomic E-state index is 13.7. The fraction of sp³-hybridized carbons (Fsp3) is 0.100. The van der Waals surface area contributed by atoms with E-state index in [0.29, 0.717) is 17.1 Å². The van der Waals surface area contributed by atoms with Gasteiger partial charge in [-0.25, -0.2) is 9.37 Å². The molecule has 1 atom stereocenters. The standard InChI is InChI=1S/C20H16F2N4O/c21-14-8-6-13(7-9-14)19-25-18(17-5-1-2-11-26(17)19)20(27)24-12-16-15(22)4-3-10-23-16/h1-11,19,25H,12H2,(H,24,27)/p+1. The smallest absolute Gasteiger partial charge is 0.270 e. The van der Waals surface area contributed by atoms with Crippen molar-refractivity contribution in [2.24, 2.45) is 0 Å². The lowest BCUT2D eigenvalue weighted by Gasteiger charge is -2.26. The molecule has 1 aromatic carbocycles. The molecule has 0 fully saturated rings. The molecule has 1 amide bonds. The Morgan fingerprint density at radius 1 is 1.19 bits per heavy atom. The number of H-pyrrole nitrogens is 1. The van der Waals surface area contributed by atoms with Crippen LogP contribution in [0.3, 0.4) is 0 Å². The van der Waals surface area contributed by atoms with Gasteiger partial charge in [0.25, 0.3) is 5.91 Å². The fourth-order valence-corrected chi connectivity index (χ4v) is 3.09. The molecule has 0 spiro atoms. The molecule has 0 radical (unpaired) electrons. The van der Waals surface area contributed by atoms with Gasteiger partial charge in [0, 0.05) is 12.3 Å². The lowest BCUT2D eigenvalue weighted by atomic mass is 10.1. The Morgan fingerprint density at radius 2 is 2.00 bits per heavy atom. The molecule has 0 aliphatic carbocycles. The molecule has 4 rings (SSSR count). The van der Waals surface area contributed by atoms with Gasteiger partial charge in [-0.05, 0) is 35.9 Å². The molecular formula is C20H17F2N4O+. The SMILES string of the molecule is O=C(NCc1[nH+]cccc1F)C1=C2C=CC=CN2C(c2ccc(F)cc2)N1. The van der Waals surface area contributed by atoms with Gasteiger partial charge >= 0.3 is 0 Å². The summed E-state index contributed by atoms with van der Waals surface area (Å²) in [5, 5.41) is 5.90. The second-order valence-corrected chi connectivity index (χ2v) is 6.15. The average Bonchev–Trinajstić information content (AvgIpc) is 3.08. The summed E-state index contributed by atoms with van der Waals surface area (Å²) in [6.07, 6.45) is 8.63. The number of nitrogens with one attached hydrogen (secondary N) is 3. The molecule has 5 nitrogen and oxygen atoms in total. The van der Waals surface area contributed by atoms with Gasteiger partial charge < -0.3 is 15.5 Å². The maximum atomic E-state index is 13.7. The number of hydrogen-bond acceptors (Lipinski definition) is 3. The largest absolute Gasteiger partial charge is 0.355 e. The number of nitrogens with zero attached hydrogens (tertiary/aromatic N) is 1. The van der Waals surface area contributed by atoms with Crippen molar-refractivity contribution in [2.75, 3.05) is 0 Å². The van der Waals surface area contributed by atoms with Gasteiger partial charge in [0.15, 0.2) is 12.0 Å². The number of benzene rings is 1. The number of pyridine rings is 1. The van der Waals surface area contributed by atoms with E-state index in [-0.39, 0.29) is 24.4 Å². The number of aromatic nitrogens is 1. The topological polar surface area (TPSA) is 58.5 Å². The van der Waals surface area contributed by atoms with Crippen LogP contribution in [0.2, 0.25) is 0 Å². The molecular weight excluding hydrogens is 350 g/mol. The van der Waals surface area contributed by atoms with Crippen molar-refractivity contribution >= 4 is 5.91 Å². The van der Waals surface area contributed by atoms with Crippen LogP contribution in [-0.4, -0.2) is 10.8 Å². The predicted molar refractivity (Wildman–Crippen MR) is 94.2 cm³/mol. The third-order valence-electron chi connectivity index (χ3n) is 4.43. The van der Waals surface area contributed by atoms with E-state index in [9.17, 15) is 13.6 Å². The Morgan fingerprint density at radius 3 is 2.78 bits per heavy atom. The first kappa shape index (κ1) is 17.0. The Bertz CT molecular complexity index is 966. The van der Waals surface area contributed by atoms with Crippen LogP contribution in [-0.2, 0) is 11.3 Å². The van der Waals surface area contributed by atoms with Crippen LogP contribution in [0.25, 0.3) is 0 Å². The van der Waals surface area contributed by atoms with E-state index in [4.69, 9.17) is 0 Å². The van der Waals surface area contributed by atoms with Crippen LogP contribution in [0.1, 0.15) is 17.4 Å². The summed E-state index contributed by atoms with van der Waals surface area (Å²) >= 11 is 0.